The number of nitrogens with zero attached hydrogens (tertiary/aromatic N) is 2. The zero-order valence-electron chi connectivity index (χ0n) is 15.0. The number of aromatic hydroxyl groups is 1. The highest BCUT2D eigenvalue weighted by molar-refractivity contribution is 6.30. The lowest BCUT2D eigenvalue weighted by Gasteiger charge is -2.24. The van der Waals surface area contributed by atoms with Crippen LogP contribution < -0.4 is 9.64 Å². The molecule has 0 atom stereocenters. The van der Waals surface area contributed by atoms with Crippen molar-refractivity contribution in [2.45, 2.75) is 41.0 Å². The second kappa shape index (κ2) is 7.75. The standard InChI is InChI=1S/C19H25ClN2O2/c1-6-8-22(7-2)16-11-14(5)21-19(17(16)23)24-18-12(3)9-15(20)10-13(18)4/h9-11,23H,6-8H2,1-5H3. The molecule has 4 nitrogen and oxygen atoms in total. The molecule has 1 aromatic heterocycles. The number of halogens is 1. The number of hydrogen-bond donors (Lipinski definition) is 1. The number of aryl methyl sites for hydroxylation is 3. The highest BCUT2D eigenvalue weighted by Gasteiger charge is 2.18. The molecule has 0 saturated heterocycles. The summed E-state index contributed by atoms with van der Waals surface area (Å²) in [5.74, 6) is 0.981. The van der Waals surface area contributed by atoms with Crippen LogP contribution in [-0.2, 0) is 0 Å². The van der Waals surface area contributed by atoms with Gasteiger partial charge in [0.25, 0.3) is 5.88 Å². The molecule has 2 rings (SSSR count). The molecule has 0 saturated carbocycles. The molecule has 0 aliphatic carbocycles. The van der Waals surface area contributed by atoms with Gasteiger partial charge in [-0.1, -0.05) is 18.5 Å². The molecule has 0 spiro atoms. The van der Waals surface area contributed by atoms with Gasteiger partial charge in [-0.3, -0.25) is 0 Å². The fourth-order valence-corrected chi connectivity index (χ4v) is 3.13. The maximum absolute atomic E-state index is 10.7. The van der Waals surface area contributed by atoms with Crippen LogP contribution in [0.1, 0.15) is 37.1 Å². The van der Waals surface area contributed by atoms with Gasteiger partial charge in [0, 0.05) is 23.8 Å². The number of rotatable bonds is 6. The first-order valence-corrected chi connectivity index (χ1v) is 8.65. The Kier molecular flexibility index (Phi) is 5.94. The van der Waals surface area contributed by atoms with Crippen molar-refractivity contribution in [2.75, 3.05) is 18.0 Å². The molecule has 5 heteroatoms. The molecule has 1 heterocycles. The van der Waals surface area contributed by atoms with Crippen molar-refractivity contribution >= 4 is 17.3 Å². The van der Waals surface area contributed by atoms with E-state index in [1.807, 2.05) is 39.0 Å². The molecular weight excluding hydrogens is 324 g/mol. The first-order valence-electron chi connectivity index (χ1n) is 8.27. The van der Waals surface area contributed by atoms with E-state index in [9.17, 15) is 5.11 Å². The lowest BCUT2D eigenvalue weighted by Crippen LogP contribution is -2.23. The van der Waals surface area contributed by atoms with E-state index in [1.165, 1.54) is 0 Å². The first kappa shape index (κ1) is 18.4. The minimum absolute atomic E-state index is 0.0738. The summed E-state index contributed by atoms with van der Waals surface area (Å²) in [5.41, 5.74) is 3.37. The Balaban J connectivity index is 2.47. The van der Waals surface area contributed by atoms with Crippen LogP contribution in [0.4, 0.5) is 5.69 Å². The molecule has 0 aliphatic rings. The summed E-state index contributed by atoms with van der Waals surface area (Å²) in [6, 6.07) is 5.57. The maximum Gasteiger partial charge on any atom is 0.264 e. The predicted molar refractivity (Wildman–Crippen MR) is 99.8 cm³/mol. The van der Waals surface area contributed by atoms with Gasteiger partial charge in [0.15, 0.2) is 0 Å². The fraction of sp³-hybridized carbons (Fsp3) is 0.421. The topological polar surface area (TPSA) is 45.6 Å². The van der Waals surface area contributed by atoms with E-state index in [2.05, 4.69) is 23.7 Å². The summed E-state index contributed by atoms with van der Waals surface area (Å²) in [4.78, 5) is 6.50. The largest absolute Gasteiger partial charge is 0.502 e. The van der Waals surface area contributed by atoms with Crippen LogP contribution in [-0.4, -0.2) is 23.2 Å². The van der Waals surface area contributed by atoms with Gasteiger partial charge in [-0.25, -0.2) is 4.98 Å². The van der Waals surface area contributed by atoms with E-state index in [-0.39, 0.29) is 11.6 Å². The molecular formula is C19H25ClN2O2. The summed E-state index contributed by atoms with van der Waals surface area (Å²) < 4.78 is 5.97. The monoisotopic (exact) mass is 348 g/mol. The van der Waals surface area contributed by atoms with Crippen molar-refractivity contribution < 1.29 is 9.84 Å². The molecule has 0 radical (unpaired) electrons. The number of anilines is 1. The van der Waals surface area contributed by atoms with Crippen LogP contribution in [0, 0.1) is 20.8 Å². The van der Waals surface area contributed by atoms with Gasteiger partial charge in [0.1, 0.15) is 5.75 Å². The van der Waals surface area contributed by atoms with Crippen LogP contribution in [0.25, 0.3) is 0 Å². The molecule has 2 aromatic rings. The fourth-order valence-electron chi connectivity index (χ4n) is 2.81. The van der Waals surface area contributed by atoms with E-state index < -0.39 is 0 Å². The highest BCUT2D eigenvalue weighted by atomic mass is 35.5. The number of benzene rings is 1. The third-order valence-corrected chi connectivity index (χ3v) is 4.13. The van der Waals surface area contributed by atoms with Gasteiger partial charge in [-0.15, -0.1) is 0 Å². The molecule has 1 aromatic carbocycles. The van der Waals surface area contributed by atoms with E-state index in [4.69, 9.17) is 16.3 Å². The van der Waals surface area contributed by atoms with Crippen LogP contribution >= 0.6 is 11.6 Å². The van der Waals surface area contributed by atoms with Gasteiger partial charge in [-0.05, 0) is 63.4 Å². The van der Waals surface area contributed by atoms with Crippen LogP contribution in [0.15, 0.2) is 18.2 Å². The van der Waals surface area contributed by atoms with Crippen molar-refractivity contribution in [2.24, 2.45) is 0 Å². The Morgan fingerprint density at radius 2 is 1.75 bits per heavy atom. The molecule has 0 amide bonds. The first-order chi connectivity index (χ1) is 11.4. The average molecular weight is 349 g/mol. The van der Waals surface area contributed by atoms with Crippen molar-refractivity contribution in [1.29, 1.82) is 0 Å². The molecule has 0 unspecified atom stereocenters. The highest BCUT2D eigenvalue weighted by Crippen LogP contribution is 2.40. The van der Waals surface area contributed by atoms with Gasteiger partial charge >= 0.3 is 0 Å². The average Bonchev–Trinajstić information content (AvgIpc) is 2.51. The number of aromatic nitrogens is 1. The van der Waals surface area contributed by atoms with Gasteiger partial charge in [-0.2, -0.15) is 0 Å². The second-order valence-electron chi connectivity index (χ2n) is 5.99. The minimum atomic E-state index is 0.0738. The molecule has 0 aliphatic heterocycles. The predicted octanol–water partition coefficient (Wildman–Crippen LogP) is 5.39. The van der Waals surface area contributed by atoms with Gasteiger partial charge < -0.3 is 14.7 Å². The number of ether oxygens (including phenoxy) is 1. The second-order valence-corrected chi connectivity index (χ2v) is 6.42. The van der Waals surface area contributed by atoms with Crippen LogP contribution in [0.5, 0.6) is 17.4 Å². The zero-order valence-corrected chi connectivity index (χ0v) is 15.7. The van der Waals surface area contributed by atoms with E-state index in [1.54, 1.807) is 0 Å². The molecule has 24 heavy (non-hydrogen) atoms. The molecule has 130 valence electrons. The van der Waals surface area contributed by atoms with Crippen molar-refractivity contribution in [3.8, 4) is 17.4 Å². The minimum Gasteiger partial charge on any atom is -0.502 e. The maximum atomic E-state index is 10.7. The van der Waals surface area contributed by atoms with Gasteiger partial charge in [0.05, 0.1) is 5.69 Å². The Bertz CT molecular complexity index is 709. The van der Waals surface area contributed by atoms with Gasteiger partial charge in [0.2, 0.25) is 5.75 Å². The smallest absolute Gasteiger partial charge is 0.264 e. The number of pyridine rings is 1. The van der Waals surface area contributed by atoms with Crippen LogP contribution in [0.3, 0.4) is 0 Å². The van der Waals surface area contributed by atoms with E-state index in [0.717, 1.165) is 42.0 Å². The summed E-state index contributed by atoms with van der Waals surface area (Å²) in [7, 11) is 0. The Labute approximate surface area is 149 Å². The van der Waals surface area contributed by atoms with E-state index >= 15 is 0 Å². The molecule has 0 bridgehead atoms. The number of hydrogen-bond acceptors (Lipinski definition) is 4. The summed E-state index contributed by atoms with van der Waals surface area (Å²) >= 11 is 6.07. The zero-order chi connectivity index (χ0) is 17.9. The summed E-state index contributed by atoms with van der Waals surface area (Å²) in [6.45, 7) is 11.6. The Morgan fingerprint density at radius 3 is 2.29 bits per heavy atom. The Morgan fingerprint density at radius 1 is 1.12 bits per heavy atom. The Hall–Kier alpha value is -1.94. The quantitative estimate of drug-likeness (QED) is 0.759. The van der Waals surface area contributed by atoms with Crippen LogP contribution in [0.2, 0.25) is 5.02 Å². The lowest BCUT2D eigenvalue weighted by atomic mass is 10.1. The SMILES string of the molecule is CCCN(CC)c1cc(C)nc(Oc2c(C)cc(Cl)cc2C)c1O. The van der Waals surface area contributed by atoms with Crippen molar-refractivity contribution in [3.05, 3.63) is 40.0 Å². The van der Waals surface area contributed by atoms with Crippen molar-refractivity contribution in [3.63, 3.8) is 0 Å². The third-order valence-electron chi connectivity index (χ3n) is 3.91. The summed E-state index contributed by atoms with van der Waals surface area (Å²) in [5, 5.41) is 11.4. The summed E-state index contributed by atoms with van der Waals surface area (Å²) in [6.07, 6.45) is 1.00. The normalized spacial score (nSPS) is 10.8. The van der Waals surface area contributed by atoms with Crippen molar-refractivity contribution in [1.82, 2.24) is 4.98 Å². The molecule has 0 fully saturated rings. The lowest BCUT2D eigenvalue weighted by molar-refractivity contribution is 0.393. The third kappa shape index (κ3) is 3.93. The molecule has 1 N–H and O–H groups in total. The van der Waals surface area contributed by atoms with E-state index in [0.29, 0.717) is 10.8 Å².